The van der Waals surface area contributed by atoms with Gasteiger partial charge >= 0.3 is 5.97 Å². The molecule has 1 amide bonds. The number of ether oxygens (including phenoxy) is 1. The van der Waals surface area contributed by atoms with E-state index in [-0.39, 0.29) is 11.3 Å². The van der Waals surface area contributed by atoms with Crippen molar-refractivity contribution >= 4 is 17.6 Å². The van der Waals surface area contributed by atoms with Crippen LogP contribution in [-0.2, 0) is 9.53 Å². The molecule has 4 nitrogen and oxygen atoms in total. The van der Waals surface area contributed by atoms with Gasteiger partial charge in [0.2, 0.25) is 0 Å². The number of hydrogen-bond acceptors (Lipinski definition) is 3. The quantitative estimate of drug-likeness (QED) is 0.867. The van der Waals surface area contributed by atoms with Gasteiger partial charge in [-0.3, -0.25) is 4.79 Å². The van der Waals surface area contributed by atoms with Crippen LogP contribution in [0.25, 0.3) is 0 Å². The maximum atomic E-state index is 13.5. The number of anilines is 1. The molecule has 2 aromatic carbocycles. The summed E-state index contributed by atoms with van der Waals surface area (Å²) in [6.45, 7) is 4.55. The van der Waals surface area contributed by atoms with Crippen molar-refractivity contribution in [3.8, 4) is 0 Å². The summed E-state index contributed by atoms with van der Waals surface area (Å²) in [5, 5.41) is 2.46. The lowest BCUT2D eigenvalue weighted by Gasteiger charge is -2.14. The van der Waals surface area contributed by atoms with Crippen LogP contribution in [0.15, 0.2) is 36.4 Å². The van der Waals surface area contributed by atoms with E-state index in [0.717, 1.165) is 6.07 Å². The lowest BCUT2D eigenvalue weighted by Crippen LogP contribution is -2.30. The number of halogens is 2. The summed E-state index contributed by atoms with van der Waals surface area (Å²) in [4.78, 5) is 24.0. The third-order valence-corrected chi connectivity index (χ3v) is 3.50. The molecule has 0 saturated carbocycles. The van der Waals surface area contributed by atoms with E-state index in [9.17, 15) is 18.4 Å². The van der Waals surface area contributed by atoms with Gasteiger partial charge in [-0.2, -0.15) is 0 Å². The fourth-order valence-electron chi connectivity index (χ4n) is 1.92. The molecule has 0 saturated heterocycles. The Labute approximate surface area is 138 Å². The smallest absolute Gasteiger partial charge is 0.339 e. The van der Waals surface area contributed by atoms with Crippen molar-refractivity contribution in [2.24, 2.45) is 0 Å². The average Bonchev–Trinajstić information content (AvgIpc) is 2.53. The van der Waals surface area contributed by atoms with E-state index in [2.05, 4.69) is 5.32 Å². The van der Waals surface area contributed by atoms with Gasteiger partial charge in [-0.25, -0.2) is 13.6 Å². The van der Waals surface area contributed by atoms with Crippen LogP contribution in [0, 0.1) is 25.5 Å². The topological polar surface area (TPSA) is 55.4 Å². The zero-order valence-corrected chi connectivity index (χ0v) is 13.5. The molecule has 0 bridgehead atoms. The van der Waals surface area contributed by atoms with Crippen LogP contribution in [-0.4, -0.2) is 18.0 Å². The zero-order valence-electron chi connectivity index (χ0n) is 13.5. The van der Waals surface area contributed by atoms with Gasteiger partial charge in [0.15, 0.2) is 6.10 Å². The van der Waals surface area contributed by atoms with Crippen molar-refractivity contribution in [2.75, 3.05) is 5.32 Å². The largest absolute Gasteiger partial charge is 0.449 e. The third kappa shape index (κ3) is 4.16. The van der Waals surface area contributed by atoms with Crippen molar-refractivity contribution in [1.29, 1.82) is 0 Å². The molecule has 0 heterocycles. The van der Waals surface area contributed by atoms with Gasteiger partial charge in [-0.15, -0.1) is 0 Å². The fourth-order valence-corrected chi connectivity index (χ4v) is 1.92. The molecular formula is C18H17F2NO3. The molecule has 2 aromatic rings. The molecule has 0 aromatic heterocycles. The highest BCUT2D eigenvalue weighted by molar-refractivity contribution is 5.97. The van der Waals surface area contributed by atoms with E-state index in [1.54, 1.807) is 19.9 Å². The van der Waals surface area contributed by atoms with Gasteiger partial charge in [0.25, 0.3) is 5.91 Å². The summed E-state index contributed by atoms with van der Waals surface area (Å²) in [7, 11) is 0. The SMILES string of the molecule is Cc1ccc(NC(=O)[C@H](C)OC(=O)c2ccc(C)c(F)c2)cc1F. The first-order chi connectivity index (χ1) is 11.3. The molecule has 2 rings (SSSR count). The normalized spacial score (nSPS) is 11.7. The Bertz CT molecular complexity index is 790. The van der Waals surface area contributed by atoms with Crippen molar-refractivity contribution in [3.05, 3.63) is 64.7 Å². The lowest BCUT2D eigenvalue weighted by atomic mass is 10.1. The molecule has 1 N–H and O–H groups in total. The van der Waals surface area contributed by atoms with Crippen LogP contribution in [0.4, 0.5) is 14.5 Å². The van der Waals surface area contributed by atoms with Gasteiger partial charge < -0.3 is 10.1 Å². The Hall–Kier alpha value is -2.76. The van der Waals surface area contributed by atoms with Crippen molar-refractivity contribution < 1.29 is 23.1 Å². The molecule has 126 valence electrons. The number of nitrogens with one attached hydrogen (secondary N) is 1. The molecule has 6 heteroatoms. The van der Waals surface area contributed by atoms with E-state index in [4.69, 9.17) is 4.74 Å². The van der Waals surface area contributed by atoms with Gasteiger partial charge in [-0.1, -0.05) is 12.1 Å². The second-order valence-corrected chi connectivity index (χ2v) is 5.46. The Morgan fingerprint density at radius 1 is 1.00 bits per heavy atom. The maximum absolute atomic E-state index is 13.5. The highest BCUT2D eigenvalue weighted by Gasteiger charge is 2.20. The highest BCUT2D eigenvalue weighted by atomic mass is 19.1. The van der Waals surface area contributed by atoms with Crippen molar-refractivity contribution in [3.63, 3.8) is 0 Å². The monoisotopic (exact) mass is 333 g/mol. The highest BCUT2D eigenvalue weighted by Crippen LogP contribution is 2.15. The maximum Gasteiger partial charge on any atom is 0.339 e. The Kier molecular flexibility index (Phi) is 5.28. The number of carbonyl (C=O) groups is 2. The zero-order chi connectivity index (χ0) is 17.9. The van der Waals surface area contributed by atoms with E-state index in [1.165, 1.54) is 31.2 Å². The summed E-state index contributed by atoms with van der Waals surface area (Å²) in [6.07, 6.45) is -1.12. The number of hydrogen-bond donors (Lipinski definition) is 1. The molecule has 0 aliphatic carbocycles. The Morgan fingerprint density at radius 3 is 2.17 bits per heavy atom. The number of benzene rings is 2. The van der Waals surface area contributed by atoms with Gasteiger partial charge in [0.1, 0.15) is 11.6 Å². The van der Waals surface area contributed by atoms with Gasteiger partial charge in [0.05, 0.1) is 5.56 Å². The summed E-state index contributed by atoms with van der Waals surface area (Å²) in [6, 6.07) is 8.16. The van der Waals surface area contributed by atoms with E-state index < -0.39 is 29.6 Å². The van der Waals surface area contributed by atoms with E-state index in [0.29, 0.717) is 11.1 Å². The Balaban J connectivity index is 2.01. The van der Waals surface area contributed by atoms with Crippen molar-refractivity contribution in [1.82, 2.24) is 0 Å². The summed E-state index contributed by atoms with van der Waals surface area (Å²) < 4.78 is 31.9. The Morgan fingerprint density at radius 2 is 1.58 bits per heavy atom. The predicted molar refractivity (Wildman–Crippen MR) is 85.8 cm³/mol. The van der Waals surface area contributed by atoms with Crippen LogP contribution < -0.4 is 5.32 Å². The molecule has 0 aliphatic rings. The van der Waals surface area contributed by atoms with Crippen LogP contribution in [0.3, 0.4) is 0 Å². The fraction of sp³-hybridized carbons (Fsp3) is 0.222. The molecule has 0 unspecified atom stereocenters. The minimum absolute atomic E-state index is 0.0131. The molecule has 0 aliphatic heterocycles. The first-order valence-electron chi connectivity index (χ1n) is 7.32. The lowest BCUT2D eigenvalue weighted by molar-refractivity contribution is -0.123. The number of rotatable bonds is 4. The second-order valence-electron chi connectivity index (χ2n) is 5.46. The molecule has 0 radical (unpaired) electrons. The van der Waals surface area contributed by atoms with Crippen molar-refractivity contribution in [2.45, 2.75) is 26.9 Å². The van der Waals surface area contributed by atoms with Crippen LogP contribution >= 0.6 is 0 Å². The molecule has 24 heavy (non-hydrogen) atoms. The number of esters is 1. The standard InChI is InChI=1S/C18H17F2NO3/c1-10-4-6-13(8-15(10)19)18(23)24-12(3)17(22)21-14-7-5-11(2)16(20)9-14/h4-9,12H,1-3H3,(H,21,22)/t12-/m0/s1. The number of amides is 1. The molecule has 0 spiro atoms. The second kappa shape index (κ2) is 7.21. The summed E-state index contributed by atoms with van der Waals surface area (Å²) in [5.74, 6) is -2.41. The first kappa shape index (κ1) is 17.6. The van der Waals surface area contributed by atoms with E-state index in [1.807, 2.05) is 0 Å². The molecule has 1 atom stereocenters. The summed E-state index contributed by atoms with van der Waals surface area (Å²) in [5.41, 5.74) is 1.12. The molecule has 0 fully saturated rings. The minimum atomic E-state index is -1.12. The third-order valence-electron chi connectivity index (χ3n) is 3.50. The van der Waals surface area contributed by atoms with Crippen LogP contribution in [0.2, 0.25) is 0 Å². The average molecular weight is 333 g/mol. The van der Waals surface area contributed by atoms with Crippen LogP contribution in [0.5, 0.6) is 0 Å². The minimum Gasteiger partial charge on any atom is -0.449 e. The van der Waals surface area contributed by atoms with Gasteiger partial charge in [0, 0.05) is 5.69 Å². The first-order valence-corrected chi connectivity index (χ1v) is 7.32. The summed E-state index contributed by atoms with van der Waals surface area (Å²) >= 11 is 0. The number of carbonyl (C=O) groups excluding carboxylic acids is 2. The number of aryl methyl sites for hydroxylation is 2. The molecular weight excluding hydrogens is 316 g/mol. The van der Waals surface area contributed by atoms with Crippen LogP contribution in [0.1, 0.15) is 28.4 Å². The van der Waals surface area contributed by atoms with Gasteiger partial charge in [-0.05, 0) is 56.2 Å². The van der Waals surface area contributed by atoms with E-state index >= 15 is 0 Å². The predicted octanol–water partition coefficient (Wildman–Crippen LogP) is 3.77.